The van der Waals surface area contributed by atoms with Crippen molar-refractivity contribution in [3.63, 3.8) is 0 Å². The summed E-state index contributed by atoms with van der Waals surface area (Å²) < 4.78 is 0. The van der Waals surface area contributed by atoms with Crippen molar-refractivity contribution in [3.05, 3.63) is 33.6 Å². The van der Waals surface area contributed by atoms with Crippen LogP contribution >= 0.6 is 34.5 Å². The lowest BCUT2D eigenvalue weighted by molar-refractivity contribution is -0.116. The Hall–Kier alpha value is -1.14. The maximum atomic E-state index is 11.4. The first-order valence-electron chi connectivity index (χ1n) is 5.51. The van der Waals surface area contributed by atoms with E-state index in [0.29, 0.717) is 27.4 Å². The molecule has 2 aromatic rings. The molecule has 0 bridgehead atoms. The molecule has 3 N–H and O–H groups in total. The molecule has 0 aliphatic heterocycles. The van der Waals surface area contributed by atoms with Gasteiger partial charge in [0, 0.05) is 28.9 Å². The van der Waals surface area contributed by atoms with Gasteiger partial charge in [-0.1, -0.05) is 23.2 Å². The fourth-order valence-corrected chi connectivity index (χ4v) is 2.70. The maximum Gasteiger partial charge on any atom is 0.227 e. The van der Waals surface area contributed by atoms with Crippen LogP contribution in [0.2, 0.25) is 10.0 Å². The summed E-state index contributed by atoms with van der Waals surface area (Å²) in [6.07, 6.45) is 0.274. The van der Waals surface area contributed by atoms with E-state index in [9.17, 15) is 4.79 Å². The summed E-state index contributed by atoms with van der Waals surface area (Å²) in [6, 6.07) is 5.20. The second-order valence-corrected chi connectivity index (χ2v) is 5.45. The quantitative estimate of drug-likeness (QED) is 0.908. The minimum Gasteiger partial charge on any atom is -0.330 e. The van der Waals surface area contributed by atoms with Crippen molar-refractivity contribution in [1.82, 2.24) is 4.98 Å². The minimum absolute atomic E-state index is 0.148. The van der Waals surface area contributed by atoms with Crippen molar-refractivity contribution < 1.29 is 4.79 Å². The Morgan fingerprint density at radius 1 is 1.42 bits per heavy atom. The molecule has 1 heterocycles. The van der Waals surface area contributed by atoms with Crippen molar-refractivity contribution in [1.29, 1.82) is 0 Å². The number of thiazole rings is 1. The van der Waals surface area contributed by atoms with Gasteiger partial charge in [-0.3, -0.25) is 4.79 Å². The van der Waals surface area contributed by atoms with E-state index in [1.54, 1.807) is 18.2 Å². The van der Waals surface area contributed by atoms with E-state index in [1.807, 2.05) is 5.38 Å². The molecule has 7 heteroatoms. The normalized spacial score (nSPS) is 10.5. The third-order valence-electron chi connectivity index (χ3n) is 2.33. The second-order valence-electron chi connectivity index (χ2n) is 3.75. The standard InChI is InChI=1S/C12H11Cl2N3OS/c13-7-1-2-8(9(14)5-7)10-6-19-12(16-10)17-11(18)3-4-15/h1-2,5-6H,3-4,15H2,(H,16,17,18). The number of nitrogens with one attached hydrogen (secondary N) is 1. The highest BCUT2D eigenvalue weighted by Crippen LogP contribution is 2.32. The van der Waals surface area contributed by atoms with Crippen LogP contribution < -0.4 is 11.1 Å². The van der Waals surface area contributed by atoms with Crippen molar-refractivity contribution >= 4 is 45.6 Å². The van der Waals surface area contributed by atoms with E-state index in [4.69, 9.17) is 28.9 Å². The van der Waals surface area contributed by atoms with Crippen LogP contribution in [-0.4, -0.2) is 17.4 Å². The van der Waals surface area contributed by atoms with Gasteiger partial charge in [0.1, 0.15) is 0 Å². The molecule has 0 saturated carbocycles. The van der Waals surface area contributed by atoms with Crippen LogP contribution in [0.3, 0.4) is 0 Å². The molecule has 0 saturated heterocycles. The Morgan fingerprint density at radius 2 is 2.21 bits per heavy atom. The first-order valence-corrected chi connectivity index (χ1v) is 7.14. The zero-order valence-corrected chi connectivity index (χ0v) is 12.1. The number of hydrogen-bond acceptors (Lipinski definition) is 4. The monoisotopic (exact) mass is 315 g/mol. The van der Waals surface area contributed by atoms with Crippen LogP contribution in [0.4, 0.5) is 5.13 Å². The van der Waals surface area contributed by atoms with Gasteiger partial charge in [-0.15, -0.1) is 11.3 Å². The minimum atomic E-state index is -0.148. The van der Waals surface area contributed by atoms with E-state index in [0.717, 1.165) is 5.56 Å². The molecule has 100 valence electrons. The van der Waals surface area contributed by atoms with Crippen LogP contribution in [0, 0.1) is 0 Å². The molecule has 0 fully saturated rings. The average Bonchev–Trinajstić information content (AvgIpc) is 2.77. The van der Waals surface area contributed by atoms with Crippen LogP contribution in [0.15, 0.2) is 23.6 Å². The lowest BCUT2D eigenvalue weighted by Crippen LogP contribution is -2.15. The lowest BCUT2D eigenvalue weighted by Gasteiger charge is -2.01. The Labute approximate surface area is 124 Å². The van der Waals surface area contributed by atoms with Gasteiger partial charge < -0.3 is 11.1 Å². The predicted molar refractivity (Wildman–Crippen MR) is 79.9 cm³/mol. The summed E-state index contributed by atoms with van der Waals surface area (Å²) in [4.78, 5) is 15.7. The van der Waals surface area contributed by atoms with Crippen LogP contribution in [0.25, 0.3) is 11.3 Å². The fraction of sp³-hybridized carbons (Fsp3) is 0.167. The van der Waals surface area contributed by atoms with Gasteiger partial charge in [0.05, 0.1) is 10.7 Å². The van der Waals surface area contributed by atoms with Gasteiger partial charge in [-0.2, -0.15) is 0 Å². The highest BCUT2D eigenvalue weighted by Gasteiger charge is 2.10. The Bertz CT molecular complexity index is 600. The second kappa shape index (κ2) is 6.34. The molecule has 0 aliphatic carbocycles. The number of hydrogen-bond donors (Lipinski definition) is 2. The number of nitrogens with zero attached hydrogens (tertiary/aromatic N) is 1. The summed E-state index contributed by atoms with van der Waals surface area (Å²) in [5.41, 5.74) is 6.79. The van der Waals surface area contributed by atoms with Gasteiger partial charge in [-0.25, -0.2) is 4.98 Å². The zero-order valence-electron chi connectivity index (χ0n) is 9.82. The highest BCUT2D eigenvalue weighted by atomic mass is 35.5. The van der Waals surface area contributed by atoms with E-state index in [-0.39, 0.29) is 12.3 Å². The smallest absolute Gasteiger partial charge is 0.227 e. The fourth-order valence-electron chi connectivity index (χ4n) is 1.46. The molecule has 0 aliphatic rings. The Kier molecular flexibility index (Phi) is 4.76. The third kappa shape index (κ3) is 3.67. The molecule has 0 unspecified atom stereocenters. The summed E-state index contributed by atoms with van der Waals surface area (Å²) in [5.74, 6) is -0.148. The molecule has 1 aromatic heterocycles. The van der Waals surface area contributed by atoms with Gasteiger partial charge in [-0.05, 0) is 18.2 Å². The third-order valence-corrected chi connectivity index (χ3v) is 3.63. The summed E-state index contributed by atoms with van der Waals surface area (Å²) in [7, 11) is 0. The number of carbonyl (C=O) groups excluding carboxylic acids is 1. The number of amides is 1. The van der Waals surface area contributed by atoms with Gasteiger partial charge in [0.2, 0.25) is 5.91 Å². The first kappa shape index (κ1) is 14.3. The van der Waals surface area contributed by atoms with E-state index in [2.05, 4.69) is 10.3 Å². The van der Waals surface area contributed by atoms with E-state index in [1.165, 1.54) is 11.3 Å². The Morgan fingerprint density at radius 3 is 2.89 bits per heavy atom. The average molecular weight is 316 g/mol. The molecule has 1 aromatic carbocycles. The molecule has 0 radical (unpaired) electrons. The molecular formula is C12H11Cl2N3OS. The molecule has 2 rings (SSSR count). The van der Waals surface area contributed by atoms with Crippen molar-refractivity contribution in [2.45, 2.75) is 6.42 Å². The van der Waals surface area contributed by atoms with E-state index < -0.39 is 0 Å². The molecule has 0 atom stereocenters. The predicted octanol–water partition coefficient (Wildman–Crippen LogP) is 3.40. The van der Waals surface area contributed by atoms with E-state index >= 15 is 0 Å². The van der Waals surface area contributed by atoms with Gasteiger partial charge in [0.15, 0.2) is 5.13 Å². The summed E-state index contributed by atoms with van der Waals surface area (Å²) in [5, 5.41) is 6.13. The molecular weight excluding hydrogens is 305 g/mol. The SMILES string of the molecule is NCCC(=O)Nc1nc(-c2ccc(Cl)cc2Cl)cs1. The first-order chi connectivity index (χ1) is 9.10. The van der Waals surface area contributed by atoms with Crippen molar-refractivity contribution in [2.75, 3.05) is 11.9 Å². The number of benzene rings is 1. The number of nitrogens with two attached hydrogens (primary N) is 1. The summed E-state index contributed by atoms with van der Waals surface area (Å²) >= 11 is 13.3. The molecule has 0 spiro atoms. The molecule has 4 nitrogen and oxygen atoms in total. The molecule has 1 amide bonds. The van der Waals surface area contributed by atoms with Crippen LogP contribution in [-0.2, 0) is 4.79 Å². The lowest BCUT2D eigenvalue weighted by atomic mass is 10.2. The number of anilines is 1. The molecule has 19 heavy (non-hydrogen) atoms. The van der Waals surface area contributed by atoms with Gasteiger partial charge >= 0.3 is 0 Å². The zero-order chi connectivity index (χ0) is 13.8. The number of rotatable bonds is 4. The topological polar surface area (TPSA) is 68.0 Å². The summed E-state index contributed by atoms with van der Waals surface area (Å²) in [6.45, 7) is 0.313. The van der Waals surface area contributed by atoms with Crippen LogP contribution in [0.5, 0.6) is 0 Å². The number of carbonyl (C=O) groups is 1. The van der Waals surface area contributed by atoms with Gasteiger partial charge in [0.25, 0.3) is 0 Å². The van der Waals surface area contributed by atoms with Crippen LogP contribution in [0.1, 0.15) is 6.42 Å². The maximum absolute atomic E-state index is 11.4. The highest BCUT2D eigenvalue weighted by molar-refractivity contribution is 7.14. The largest absolute Gasteiger partial charge is 0.330 e. The van der Waals surface area contributed by atoms with Crippen molar-refractivity contribution in [2.24, 2.45) is 5.73 Å². The Balaban J connectivity index is 2.18. The number of aromatic nitrogens is 1. The number of halogens is 2. The van der Waals surface area contributed by atoms with Crippen molar-refractivity contribution in [3.8, 4) is 11.3 Å².